The molecule has 200 valence electrons. The Balaban J connectivity index is 1.24. The minimum Gasteiger partial charge on any atom is -0.416 e. The lowest BCUT2D eigenvalue weighted by Gasteiger charge is -2.53. The second-order valence-electron chi connectivity index (χ2n) is 11.1. The number of rotatable bonds is 4. The van der Waals surface area contributed by atoms with E-state index in [9.17, 15) is 0 Å². The third kappa shape index (κ3) is 4.63. The molecule has 9 bridgehead atoms. The highest BCUT2D eigenvalue weighted by Gasteiger charge is 2.47. The lowest BCUT2D eigenvalue weighted by Crippen LogP contribution is -2.51. The fraction of sp³-hybridized carbons (Fsp3) is 0.536. The first-order valence-corrected chi connectivity index (χ1v) is 14.8. The van der Waals surface area contributed by atoms with Gasteiger partial charge in [-0.25, -0.2) is 4.98 Å². The lowest BCUT2D eigenvalue weighted by atomic mass is 9.61. The molecule has 0 amide bonds. The van der Waals surface area contributed by atoms with Crippen molar-refractivity contribution in [2.75, 3.05) is 53.1 Å². The molecule has 10 rings (SSSR count). The van der Waals surface area contributed by atoms with Crippen LogP contribution in [0.2, 0.25) is 0 Å². The molecule has 0 radical (unpaired) electrons. The summed E-state index contributed by atoms with van der Waals surface area (Å²) in [4.78, 5) is 9.48. The van der Waals surface area contributed by atoms with Gasteiger partial charge in [-0.1, -0.05) is 11.9 Å². The Morgan fingerprint density at radius 2 is 1.79 bits per heavy atom. The van der Waals surface area contributed by atoms with Crippen LogP contribution in [-0.4, -0.2) is 71.0 Å². The van der Waals surface area contributed by atoms with Crippen LogP contribution in [0.3, 0.4) is 0 Å². The van der Waals surface area contributed by atoms with Crippen LogP contribution in [0.4, 0.5) is 17.2 Å². The highest BCUT2D eigenvalue weighted by Crippen LogP contribution is 2.51. The van der Waals surface area contributed by atoms with Gasteiger partial charge in [-0.15, -0.1) is 10.2 Å². The van der Waals surface area contributed by atoms with Crippen molar-refractivity contribution < 1.29 is 14.3 Å². The van der Waals surface area contributed by atoms with Gasteiger partial charge in [-0.3, -0.25) is 0 Å². The Kier molecular flexibility index (Phi) is 6.41. The van der Waals surface area contributed by atoms with Gasteiger partial charge in [0, 0.05) is 49.4 Å². The van der Waals surface area contributed by atoms with Crippen LogP contribution >= 0.6 is 11.9 Å². The predicted octanol–water partition coefficient (Wildman–Crippen LogP) is 4.60. The van der Waals surface area contributed by atoms with E-state index < -0.39 is 0 Å². The number of piperidine rings is 2. The maximum Gasteiger partial charge on any atom is 0.250 e. The van der Waals surface area contributed by atoms with E-state index >= 15 is 0 Å². The number of aliphatic hydroxyl groups is 1. The number of anilines is 3. The van der Waals surface area contributed by atoms with Crippen LogP contribution in [0.5, 0.6) is 0 Å². The third-order valence-electron chi connectivity index (χ3n) is 8.67. The summed E-state index contributed by atoms with van der Waals surface area (Å²) in [5.41, 5.74) is 4.33. The van der Waals surface area contributed by atoms with Crippen molar-refractivity contribution >= 4 is 29.1 Å². The molecule has 9 nitrogen and oxygen atoms in total. The van der Waals surface area contributed by atoms with Gasteiger partial charge >= 0.3 is 0 Å². The summed E-state index contributed by atoms with van der Waals surface area (Å²) < 4.78 is 16.2. The first-order chi connectivity index (χ1) is 18.7. The minimum absolute atomic E-state index is 0.136. The van der Waals surface area contributed by atoms with Crippen molar-refractivity contribution in [1.82, 2.24) is 15.2 Å². The molecule has 0 atom stereocenters. The van der Waals surface area contributed by atoms with Crippen LogP contribution in [0, 0.1) is 5.41 Å². The van der Waals surface area contributed by atoms with Crippen molar-refractivity contribution in [3.63, 3.8) is 0 Å². The van der Waals surface area contributed by atoms with Gasteiger partial charge in [0.25, 0.3) is 0 Å². The van der Waals surface area contributed by atoms with Gasteiger partial charge in [0.1, 0.15) is 5.82 Å². The van der Waals surface area contributed by atoms with Crippen molar-refractivity contribution in [1.29, 1.82) is 0 Å². The van der Waals surface area contributed by atoms with Crippen LogP contribution in [0.1, 0.15) is 38.5 Å². The van der Waals surface area contributed by atoms with Crippen molar-refractivity contribution in [2.45, 2.75) is 50.7 Å². The molecule has 7 aliphatic rings. The SMILES string of the molecule is OCCSNc1ccc2c(c1)N1CCC(CC1)OC1CC3(CCN(CC3)c3cc(ccn3)-c3nnc-2o3)C1. The molecule has 8 heterocycles. The molecule has 1 saturated carbocycles. The smallest absolute Gasteiger partial charge is 0.250 e. The van der Waals surface area contributed by atoms with Crippen LogP contribution in [0.15, 0.2) is 40.9 Å². The minimum atomic E-state index is 0.136. The fourth-order valence-corrected chi connectivity index (χ4v) is 7.00. The van der Waals surface area contributed by atoms with Gasteiger partial charge in [-0.05, 0) is 74.3 Å². The van der Waals surface area contributed by atoms with Crippen LogP contribution < -0.4 is 14.5 Å². The summed E-state index contributed by atoms with van der Waals surface area (Å²) in [6.07, 6.45) is 9.39. The van der Waals surface area contributed by atoms with Crippen LogP contribution in [-0.2, 0) is 4.74 Å². The van der Waals surface area contributed by atoms with E-state index in [2.05, 4.69) is 47.9 Å². The van der Waals surface area contributed by atoms with E-state index in [4.69, 9.17) is 14.3 Å². The number of hydrogen-bond acceptors (Lipinski definition) is 10. The second-order valence-corrected chi connectivity index (χ2v) is 12.0. The second kappa shape index (κ2) is 10.1. The fourth-order valence-electron chi connectivity index (χ4n) is 6.52. The number of nitrogens with zero attached hydrogens (tertiary/aromatic N) is 5. The van der Waals surface area contributed by atoms with Crippen molar-refractivity contribution in [3.05, 3.63) is 36.5 Å². The molecule has 1 aliphatic carbocycles. The largest absolute Gasteiger partial charge is 0.416 e. The first kappa shape index (κ1) is 24.2. The first-order valence-electron chi connectivity index (χ1n) is 13.8. The summed E-state index contributed by atoms with van der Waals surface area (Å²) >= 11 is 1.49. The number of pyridine rings is 1. The van der Waals surface area contributed by atoms with E-state index in [1.807, 2.05) is 18.3 Å². The molecule has 6 aliphatic heterocycles. The molecule has 1 aromatic carbocycles. The van der Waals surface area contributed by atoms with Crippen molar-refractivity contribution in [3.8, 4) is 22.9 Å². The maximum atomic E-state index is 9.17. The van der Waals surface area contributed by atoms with Gasteiger partial charge in [-0.2, -0.15) is 0 Å². The van der Waals surface area contributed by atoms with E-state index in [0.717, 1.165) is 67.3 Å². The van der Waals surface area contributed by atoms with E-state index in [1.165, 1.54) is 37.6 Å². The zero-order valence-corrected chi connectivity index (χ0v) is 22.3. The number of fused-ring (bicyclic) bond motifs is 2. The number of ether oxygens (including phenoxy) is 1. The zero-order valence-electron chi connectivity index (χ0n) is 21.5. The van der Waals surface area contributed by atoms with Gasteiger partial charge in [0.2, 0.25) is 11.8 Å². The Bertz CT molecular complexity index is 1280. The standard InChI is InChI=1S/C28H34N6O3S/c35-13-14-38-32-20-1-2-23-24(16-20)33-9-4-21(5-10-33)36-22-17-28(18-22)6-11-34(12-7-28)25-15-19(3-8-29-25)26-30-31-27(23)37-26/h1-3,8,15-16,21-22,32,35H,4-7,9-14,17-18H2. The number of nitrogens with one attached hydrogen (secondary N) is 1. The molecular weight excluding hydrogens is 500 g/mol. The topological polar surface area (TPSA) is 99.8 Å². The molecule has 3 fully saturated rings. The van der Waals surface area contributed by atoms with E-state index in [0.29, 0.717) is 35.2 Å². The number of aromatic nitrogens is 3. The lowest BCUT2D eigenvalue weighted by molar-refractivity contribution is -0.126. The number of hydrogen-bond donors (Lipinski definition) is 2. The summed E-state index contributed by atoms with van der Waals surface area (Å²) in [6, 6.07) is 10.3. The highest BCUT2D eigenvalue weighted by molar-refractivity contribution is 8.00. The van der Waals surface area contributed by atoms with Gasteiger partial charge < -0.3 is 28.8 Å². The molecule has 3 aromatic rings. The summed E-state index contributed by atoms with van der Waals surface area (Å²) in [6.45, 7) is 4.03. The quantitative estimate of drug-likeness (QED) is 0.365. The molecule has 2 aromatic heterocycles. The molecule has 0 unspecified atom stereocenters. The molecular formula is C28H34N6O3S. The Morgan fingerprint density at radius 3 is 2.61 bits per heavy atom. The molecule has 2 N–H and O–H groups in total. The maximum absolute atomic E-state index is 9.17. The average molecular weight is 535 g/mol. The number of benzene rings is 1. The zero-order chi connectivity index (χ0) is 25.5. The summed E-state index contributed by atoms with van der Waals surface area (Å²) in [5.74, 6) is 2.62. The van der Waals surface area contributed by atoms with Gasteiger partial charge in [0.15, 0.2) is 0 Å². The van der Waals surface area contributed by atoms with Gasteiger partial charge in [0.05, 0.1) is 30.1 Å². The Morgan fingerprint density at radius 1 is 0.974 bits per heavy atom. The summed E-state index contributed by atoms with van der Waals surface area (Å²) in [5, 5.41) is 18.1. The number of aliphatic hydroxyl groups excluding tert-OH is 1. The van der Waals surface area contributed by atoms with Crippen LogP contribution in [0.25, 0.3) is 22.9 Å². The Hall–Kier alpha value is -2.82. The normalized spacial score (nSPS) is 26.2. The predicted molar refractivity (Wildman–Crippen MR) is 149 cm³/mol. The molecule has 38 heavy (non-hydrogen) atoms. The Labute approximate surface area is 227 Å². The van der Waals surface area contributed by atoms with Crippen molar-refractivity contribution in [2.24, 2.45) is 5.41 Å². The molecule has 2 saturated heterocycles. The third-order valence-corrected chi connectivity index (χ3v) is 9.43. The van der Waals surface area contributed by atoms with E-state index in [-0.39, 0.29) is 6.61 Å². The highest BCUT2D eigenvalue weighted by atomic mass is 32.2. The average Bonchev–Trinajstić information content (AvgIpc) is 3.43. The molecule has 10 heteroatoms. The van der Waals surface area contributed by atoms with E-state index in [1.54, 1.807) is 0 Å². The monoisotopic (exact) mass is 534 g/mol. The molecule has 1 spiro atoms. The summed E-state index contributed by atoms with van der Waals surface area (Å²) in [7, 11) is 0.